The summed E-state index contributed by atoms with van der Waals surface area (Å²) >= 11 is 0. The van der Waals surface area contributed by atoms with Crippen molar-refractivity contribution in [3.8, 4) is 0 Å². The standard InChI is InChI=1S/C23H24N2O4S/c1-16-7-11-21(12-8-16)30(27,28)25-22-14-19(10-9-17(22)2)23(26)24-20-6-4-5-18(13-20)15-29-3/h4-14,25H,15H2,1-3H3,(H,24,26). The second-order valence-corrected chi connectivity index (χ2v) is 8.72. The number of hydrogen-bond donors (Lipinski definition) is 2. The molecule has 0 saturated carbocycles. The third kappa shape index (κ3) is 5.25. The van der Waals surface area contributed by atoms with Crippen molar-refractivity contribution in [2.75, 3.05) is 17.1 Å². The smallest absolute Gasteiger partial charge is 0.261 e. The number of benzene rings is 3. The van der Waals surface area contributed by atoms with Gasteiger partial charge in [0.25, 0.3) is 15.9 Å². The molecule has 0 aliphatic heterocycles. The Labute approximate surface area is 177 Å². The van der Waals surface area contributed by atoms with E-state index in [1.807, 2.05) is 25.1 Å². The summed E-state index contributed by atoms with van der Waals surface area (Å²) in [4.78, 5) is 12.9. The predicted octanol–water partition coefficient (Wildman–Crippen LogP) is 4.50. The molecule has 7 heteroatoms. The maximum absolute atomic E-state index is 12.7. The maximum Gasteiger partial charge on any atom is 0.261 e. The first-order chi connectivity index (χ1) is 14.3. The molecule has 2 N–H and O–H groups in total. The average Bonchev–Trinajstić information content (AvgIpc) is 2.70. The van der Waals surface area contributed by atoms with E-state index in [1.54, 1.807) is 56.5 Å². The van der Waals surface area contributed by atoms with Gasteiger partial charge in [-0.05, 0) is 61.4 Å². The number of amides is 1. The second kappa shape index (κ2) is 9.11. The van der Waals surface area contributed by atoms with Crippen LogP contribution >= 0.6 is 0 Å². The molecule has 0 spiro atoms. The molecule has 0 atom stereocenters. The Morgan fingerprint density at radius 2 is 1.70 bits per heavy atom. The molecule has 0 radical (unpaired) electrons. The van der Waals surface area contributed by atoms with Crippen molar-refractivity contribution in [3.05, 3.63) is 89.0 Å². The number of hydrogen-bond acceptors (Lipinski definition) is 4. The zero-order valence-electron chi connectivity index (χ0n) is 17.1. The third-order valence-corrected chi connectivity index (χ3v) is 5.95. The number of nitrogens with one attached hydrogen (secondary N) is 2. The number of carbonyl (C=O) groups excluding carboxylic acids is 1. The molecule has 6 nitrogen and oxygen atoms in total. The number of methoxy groups -OCH3 is 1. The first-order valence-corrected chi connectivity index (χ1v) is 10.9. The van der Waals surface area contributed by atoms with E-state index in [4.69, 9.17) is 4.74 Å². The lowest BCUT2D eigenvalue weighted by Gasteiger charge is -2.13. The van der Waals surface area contributed by atoms with Crippen LogP contribution in [0.5, 0.6) is 0 Å². The van der Waals surface area contributed by atoms with Crippen LogP contribution in [0.2, 0.25) is 0 Å². The fourth-order valence-corrected chi connectivity index (χ4v) is 4.02. The quantitative estimate of drug-likeness (QED) is 0.585. The van der Waals surface area contributed by atoms with E-state index in [1.165, 1.54) is 6.07 Å². The van der Waals surface area contributed by atoms with Crippen LogP contribution in [0.4, 0.5) is 11.4 Å². The summed E-state index contributed by atoms with van der Waals surface area (Å²) in [5.41, 5.74) is 3.96. The maximum atomic E-state index is 12.7. The van der Waals surface area contributed by atoms with Gasteiger partial charge < -0.3 is 10.1 Å². The van der Waals surface area contributed by atoms with Crippen LogP contribution in [0.3, 0.4) is 0 Å². The van der Waals surface area contributed by atoms with Gasteiger partial charge in [0.1, 0.15) is 0 Å². The fraction of sp³-hybridized carbons (Fsp3) is 0.174. The SMILES string of the molecule is COCc1cccc(NC(=O)c2ccc(C)c(NS(=O)(=O)c3ccc(C)cc3)c2)c1. The van der Waals surface area contributed by atoms with Gasteiger partial charge in [-0.25, -0.2) is 8.42 Å². The Morgan fingerprint density at radius 3 is 2.40 bits per heavy atom. The summed E-state index contributed by atoms with van der Waals surface area (Å²) in [5, 5.41) is 2.83. The molecular formula is C23H24N2O4S. The molecule has 1 amide bonds. The molecule has 30 heavy (non-hydrogen) atoms. The van der Waals surface area contributed by atoms with Gasteiger partial charge >= 0.3 is 0 Å². The van der Waals surface area contributed by atoms with Crippen molar-refractivity contribution in [2.45, 2.75) is 25.3 Å². The Kier molecular flexibility index (Phi) is 6.54. The van der Waals surface area contributed by atoms with Crippen LogP contribution < -0.4 is 10.0 Å². The van der Waals surface area contributed by atoms with E-state index < -0.39 is 10.0 Å². The minimum atomic E-state index is -3.76. The van der Waals surface area contributed by atoms with E-state index in [2.05, 4.69) is 10.0 Å². The molecule has 0 heterocycles. The number of rotatable bonds is 7. The lowest BCUT2D eigenvalue weighted by molar-refractivity contribution is 0.102. The van der Waals surface area contributed by atoms with Crippen molar-refractivity contribution < 1.29 is 17.9 Å². The number of sulfonamides is 1. The van der Waals surface area contributed by atoms with Crippen LogP contribution in [0.25, 0.3) is 0 Å². The minimum Gasteiger partial charge on any atom is -0.380 e. The molecule has 0 fully saturated rings. The summed E-state index contributed by atoms with van der Waals surface area (Å²) in [6.07, 6.45) is 0. The van der Waals surface area contributed by atoms with Gasteiger partial charge in [0.2, 0.25) is 0 Å². The first kappa shape index (κ1) is 21.5. The zero-order chi connectivity index (χ0) is 21.7. The van der Waals surface area contributed by atoms with Crippen molar-refractivity contribution in [3.63, 3.8) is 0 Å². The highest BCUT2D eigenvalue weighted by Gasteiger charge is 2.17. The van der Waals surface area contributed by atoms with Gasteiger partial charge in [0.05, 0.1) is 17.2 Å². The Hall–Kier alpha value is -3.16. The monoisotopic (exact) mass is 424 g/mol. The van der Waals surface area contributed by atoms with E-state index in [9.17, 15) is 13.2 Å². The highest BCUT2D eigenvalue weighted by Crippen LogP contribution is 2.22. The highest BCUT2D eigenvalue weighted by molar-refractivity contribution is 7.92. The Morgan fingerprint density at radius 1 is 0.967 bits per heavy atom. The topological polar surface area (TPSA) is 84.5 Å². The molecule has 0 saturated heterocycles. The van der Waals surface area contributed by atoms with E-state index >= 15 is 0 Å². The molecule has 0 aliphatic carbocycles. The molecule has 3 aromatic carbocycles. The van der Waals surface area contributed by atoms with Crippen molar-refractivity contribution >= 4 is 27.3 Å². The summed E-state index contributed by atoms with van der Waals surface area (Å²) < 4.78 is 33.1. The number of carbonyl (C=O) groups is 1. The van der Waals surface area contributed by atoms with Crippen molar-refractivity contribution in [1.29, 1.82) is 0 Å². The molecule has 0 aliphatic rings. The third-order valence-electron chi connectivity index (χ3n) is 4.57. The van der Waals surface area contributed by atoms with Crippen LogP contribution in [0, 0.1) is 13.8 Å². The van der Waals surface area contributed by atoms with Gasteiger partial charge in [0, 0.05) is 18.4 Å². The lowest BCUT2D eigenvalue weighted by Crippen LogP contribution is -2.16. The molecule has 0 bridgehead atoms. The largest absolute Gasteiger partial charge is 0.380 e. The molecule has 0 aromatic heterocycles. The Bertz CT molecular complexity index is 1160. The number of aryl methyl sites for hydroxylation is 2. The normalized spacial score (nSPS) is 11.2. The van der Waals surface area contributed by atoms with Crippen molar-refractivity contribution in [2.24, 2.45) is 0 Å². The highest BCUT2D eigenvalue weighted by atomic mass is 32.2. The second-order valence-electron chi connectivity index (χ2n) is 7.04. The van der Waals surface area contributed by atoms with Gasteiger partial charge in [-0.2, -0.15) is 0 Å². The summed E-state index contributed by atoms with van der Waals surface area (Å²) in [6.45, 7) is 4.11. The predicted molar refractivity (Wildman–Crippen MR) is 118 cm³/mol. The number of anilines is 2. The van der Waals surface area contributed by atoms with Crippen LogP contribution in [0.15, 0.2) is 71.6 Å². The minimum absolute atomic E-state index is 0.164. The van der Waals surface area contributed by atoms with Gasteiger partial charge in [-0.15, -0.1) is 0 Å². The molecular weight excluding hydrogens is 400 g/mol. The summed E-state index contributed by atoms with van der Waals surface area (Å²) in [6, 6.07) is 18.8. The first-order valence-electron chi connectivity index (χ1n) is 9.38. The van der Waals surface area contributed by atoms with Crippen molar-refractivity contribution in [1.82, 2.24) is 0 Å². The summed E-state index contributed by atoms with van der Waals surface area (Å²) in [7, 11) is -2.15. The Balaban J connectivity index is 1.81. The molecule has 3 aromatic rings. The van der Waals surface area contributed by atoms with Gasteiger partial charge in [-0.1, -0.05) is 35.9 Å². The molecule has 3 rings (SSSR count). The average molecular weight is 425 g/mol. The van der Waals surface area contributed by atoms with E-state index in [0.29, 0.717) is 29.1 Å². The van der Waals surface area contributed by atoms with Crippen LogP contribution in [-0.2, 0) is 21.4 Å². The van der Waals surface area contributed by atoms with Gasteiger partial charge in [0.15, 0.2) is 0 Å². The molecule has 156 valence electrons. The number of ether oxygens (including phenoxy) is 1. The van der Waals surface area contributed by atoms with Gasteiger partial charge in [-0.3, -0.25) is 9.52 Å². The van der Waals surface area contributed by atoms with Crippen LogP contribution in [0.1, 0.15) is 27.0 Å². The van der Waals surface area contributed by atoms with E-state index in [-0.39, 0.29) is 10.8 Å². The summed E-state index contributed by atoms with van der Waals surface area (Å²) in [5.74, 6) is -0.333. The molecule has 0 unspecified atom stereocenters. The zero-order valence-corrected chi connectivity index (χ0v) is 17.9. The fourth-order valence-electron chi connectivity index (χ4n) is 2.90. The van der Waals surface area contributed by atoms with E-state index in [0.717, 1.165) is 11.1 Å². The lowest BCUT2D eigenvalue weighted by atomic mass is 10.1. The van der Waals surface area contributed by atoms with Crippen LogP contribution in [-0.4, -0.2) is 21.4 Å².